The van der Waals surface area contributed by atoms with Gasteiger partial charge in [-0.25, -0.2) is 9.78 Å². The summed E-state index contributed by atoms with van der Waals surface area (Å²) in [6.07, 6.45) is 2.98. The van der Waals surface area contributed by atoms with Gasteiger partial charge in [0.1, 0.15) is 0 Å². The van der Waals surface area contributed by atoms with E-state index in [4.69, 9.17) is 0 Å². The van der Waals surface area contributed by atoms with Crippen LogP contribution in [0.2, 0.25) is 0 Å². The van der Waals surface area contributed by atoms with E-state index in [1.807, 2.05) is 0 Å². The van der Waals surface area contributed by atoms with Crippen LogP contribution in [0.4, 0.5) is 5.82 Å². The van der Waals surface area contributed by atoms with Crippen LogP contribution >= 0.6 is 0 Å². The Kier molecular flexibility index (Phi) is 2.95. The van der Waals surface area contributed by atoms with Crippen LogP contribution in [0.5, 0.6) is 5.75 Å². The lowest BCUT2D eigenvalue weighted by atomic mass is 10.2. The third-order valence-corrected chi connectivity index (χ3v) is 2.48. The molecule has 2 N–H and O–H groups in total. The van der Waals surface area contributed by atoms with E-state index in [0.717, 1.165) is 12.8 Å². The van der Waals surface area contributed by atoms with Crippen molar-refractivity contribution < 1.29 is 19.4 Å². The number of hydrogen-bond donors (Lipinski definition) is 2. The number of nitrogens with zero attached hydrogens (tertiary/aromatic N) is 1. The predicted molar refractivity (Wildman–Crippen MR) is 58.6 cm³/mol. The molecule has 90 valence electrons. The molecule has 6 nitrogen and oxygen atoms in total. The van der Waals surface area contributed by atoms with E-state index in [9.17, 15) is 14.7 Å². The normalized spacial score (nSPS) is 14.2. The molecule has 0 atom stereocenters. The Hall–Kier alpha value is -2.11. The SMILES string of the molecule is COC(=O)c1cnc(NC(=O)C2CC2)c(O)c1. The minimum absolute atomic E-state index is 0.0245. The largest absolute Gasteiger partial charge is 0.504 e. The second-order valence-corrected chi connectivity index (χ2v) is 3.85. The van der Waals surface area contributed by atoms with Crippen LogP contribution in [-0.4, -0.2) is 29.1 Å². The van der Waals surface area contributed by atoms with Crippen molar-refractivity contribution in [2.75, 3.05) is 12.4 Å². The molecule has 0 bridgehead atoms. The number of methoxy groups -OCH3 is 1. The molecule has 0 spiro atoms. The Morgan fingerprint density at radius 2 is 2.24 bits per heavy atom. The molecule has 6 heteroatoms. The molecule has 1 heterocycles. The minimum atomic E-state index is -0.590. The highest BCUT2D eigenvalue weighted by molar-refractivity contribution is 5.95. The monoisotopic (exact) mass is 236 g/mol. The molecule has 0 radical (unpaired) electrons. The molecule has 1 fully saturated rings. The quantitative estimate of drug-likeness (QED) is 0.762. The fourth-order valence-electron chi connectivity index (χ4n) is 1.34. The molecule has 1 aliphatic rings. The number of carbonyl (C=O) groups is 2. The summed E-state index contributed by atoms with van der Waals surface area (Å²) in [5.74, 6) is -0.903. The van der Waals surface area contributed by atoms with Crippen LogP contribution in [0.15, 0.2) is 12.3 Å². The number of anilines is 1. The summed E-state index contributed by atoms with van der Waals surface area (Å²) in [6.45, 7) is 0. The number of pyridine rings is 1. The first-order valence-electron chi connectivity index (χ1n) is 5.20. The van der Waals surface area contributed by atoms with Crippen molar-refractivity contribution in [2.45, 2.75) is 12.8 Å². The van der Waals surface area contributed by atoms with Gasteiger partial charge in [-0.1, -0.05) is 0 Å². The van der Waals surface area contributed by atoms with Crippen molar-refractivity contribution in [3.05, 3.63) is 17.8 Å². The van der Waals surface area contributed by atoms with Crippen LogP contribution in [0.3, 0.4) is 0 Å². The molecule has 2 rings (SSSR count). The lowest BCUT2D eigenvalue weighted by Crippen LogP contribution is -2.15. The van der Waals surface area contributed by atoms with Gasteiger partial charge in [-0.15, -0.1) is 0 Å². The molecule has 0 unspecified atom stereocenters. The Balaban J connectivity index is 2.13. The number of amides is 1. The molecule has 1 saturated carbocycles. The van der Waals surface area contributed by atoms with Gasteiger partial charge in [0, 0.05) is 12.1 Å². The minimum Gasteiger partial charge on any atom is -0.504 e. The molecule has 0 aromatic carbocycles. The van der Waals surface area contributed by atoms with E-state index in [0.29, 0.717) is 0 Å². The van der Waals surface area contributed by atoms with Crippen LogP contribution in [0.25, 0.3) is 0 Å². The van der Waals surface area contributed by atoms with E-state index < -0.39 is 5.97 Å². The van der Waals surface area contributed by atoms with E-state index in [1.165, 1.54) is 19.4 Å². The third-order valence-electron chi connectivity index (χ3n) is 2.48. The second kappa shape index (κ2) is 4.40. The van der Waals surface area contributed by atoms with Gasteiger partial charge >= 0.3 is 5.97 Å². The molecule has 1 aliphatic carbocycles. The lowest BCUT2D eigenvalue weighted by Gasteiger charge is -2.06. The van der Waals surface area contributed by atoms with Gasteiger partial charge in [0.2, 0.25) is 5.91 Å². The number of aromatic nitrogens is 1. The molecule has 0 saturated heterocycles. The van der Waals surface area contributed by atoms with Crippen molar-refractivity contribution >= 4 is 17.7 Å². The molecular weight excluding hydrogens is 224 g/mol. The van der Waals surface area contributed by atoms with Gasteiger partial charge in [-0.2, -0.15) is 0 Å². The summed E-state index contributed by atoms with van der Waals surface area (Å²) in [4.78, 5) is 26.4. The Morgan fingerprint density at radius 1 is 1.53 bits per heavy atom. The lowest BCUT2D eigenvalue weighted by molar-refractivity contribution is -0.117. The zero-order valence-electron chi connectivity index (χ0n) is 9.27. The number of ether oxygens (including phenoxy) is 1. The van der Waals surface area contributed by atoms with Crippen molar-refractivity contribution in [1.29, 1.82) is 0 Å². The number of esters is 1. The zero-order valence-corrected chi connectivity index (χ0v) is 9.27. The van der Waals surface area contributed by atoms with Crippen LogP contribution in [-0.2, 0) is 9.53 Å². The number of aromatic hydroxyl groups is 1. The van der Waals surface area contributed by atoms with Crippen LogP contribution in [0, 0.1) is 5.92 Å². The molecule has 0 aliphatic heterocycles. The summed E-state index contributed by atoms with van der Waals surface area (Å²) in [6, 6.07) is 1.21. The van der Waals surface area contributed by atoms with Crippen molar-refractivity contribution in [3.8, 4) is 5.75 Å². The first-order chi connectivity index (χ1) is 8.11. The highest BCUT2D eigenvalue weighted by Crippen LogP contribution is 2.31. The number of nitrogens with one attached hydrogen (secondary N) is 1. The van der Waals surface area contributed by atoms with E-state index in [-0.39, 0.29) is 29.0 Å². The highest BCUT2D eigenvalue weighted by Gasteiger charge is 2.30. The standard InChI is InChI=1S/C11H12N2O4/c1-17-11(16)7-4-8(14)9(12-5-7)13-10(15)6-2-3-6/h4-6,14H,2-3H2,1H3,(H,12,13,15). The topological polar surface area (TPSA) is 88.5 Å². The third kappa shape index (κ3) is 2.52. The molecule has 17 heavy (non-hydrogen) atoms. The summed E-state index contributed by atoms with van der Waals surface area (Å²) in [5, 5.41) is 12.1. The summed E-state index contributed by atoms with van der Waals surface area (Å²) < 4.78 is 4.48. The first-order valence-corrected chi connectivity index (χ1v) is 5.20. The smallest absolute Gasteiger partial charge is 0.339 e. The van der Waals surface area contributed by atoms with Crippen molar-refractivity contribution in [3.63, 3.8) is 0 Å². The van der Waals surface area contributed by atoms with Crippen molar-refractivity contribution in [1.82, 2.24) is 4.98 Å². The maximum Gasteiger partial charge on any atom is 0.339 e. The van der Waals surface area contributed by atoms with E-state index in [1.54, 1.807) is 0 Å². The van der Waals surface area contributed by atoms with Gasteiger partial charge in [-0.3, -0.25) is 4.79 Å². The predicted octanol–water partition coefficient (Wildman–Crippen LogP) is 0.922. The summed E-state index contributed by atoms with van der Waals surface area (Å²) in [7, 11) is 1.24. The number of rotatable bonds is 3. The van der Waals surface area contributed by atoms with Gasteiger partial charge in [0.25, 0.3) is 0 Å². The fraction of sp³-hybridized carbons (Fsp3) is 0.364. The Morgan fingerprint density at radius 3 is 2.76 bits per heavy atom. The molecule has 1 aromatic heterocycles. The van der Waals surface area contributed by atoms with Gasteiger partial charge < -0.3 is 15.2 Å². The van der Waals surface area contributed by atoms with Gasteiger partial charge in [0.15, 0.2) is 11.6 Å². The fourth-order valence-corrected chi connectivity index (χ4v) is 1.34. The summed E-state index contributed by atoms with van der Waals surface area (Å²) >= 11 is 0. The van der Waals surface area contributed by atoms with Gasteiger partial charge in [0.05, 0.1) is 12.7 Å². The second-order valence-electron chi connectivity index (χ2n) is 3.85. The van der Waals surface area contributed by atoms with Crippen molar-refractivity contribution in [2.24, 2.45) is 5.92 Å². The maximum absolute atomic E-state index is 11.4. The summed E-state index contributed by atoms with van der Waals surface area (Å²) in [5.41, 5.74) is 0.134. The number of hydrogen-bond acceptors (Lipinski definition) is 5. The molecule has 1 aromatic rings. The van der Waals surface area contributed by atoms with E-state index >= 15 is 0 Å². The van der Waals surface area contributed by atoms with Crippen LogP contribution < -0.4 is 5.32 Å². The first kappa shape index (κ1) is 11.4. The molecular formula is C11H12N2O4. The van der Waals surface area contributed by atoms with Gasteiger partial charge in [-0.05, 0) is 18.9 Å². The average molecular weight is 236 g/mol. The highest BCUT2D eigenvalue weighted by atomic mass is 16.5. The average Bonchev–Trinajstić information content (AvgIpc) is 3.14. The van der Waals surface area contributed by atoms with E-state index in [2.05, 4.69) is 15.0 Å². The van der Waals surface area contributed by atoms with Crippen LogP contribution in [0.1, 0.15) is 23.2 Å². The Bertz CT molecular complexity index is 469. The Labute approximate surface area is 97.6 Å². The maximum atomic E-state index is 11.4. The number of carbonyl (C=O) groups excluding carboxylic acids is 2. The molecule has 1 amide bonds. The zero-order chi connectivity index (χ0) is 12.4.